The molecule has 0 spiro atoms. The molecule has 172 valence electrons. The molecular formula is C23H33NO7. The van der Waals surface area contributed by atoms with Gasteiger partial charge in [0.25, 0.3) is 0 Å². The normalized spacial score (nSPS) is 45.3. The summed E-state index contributed by atoms with van der Waals surface area (Å²) in [6.45, 7) is 2.95. The largest absolute Gasteiger partial charge is 0.479 e. The van der Waals surface area contributed by atoms with Crippen LogP contribution in [0.4, 0.5) is 0 Å². The van der Waals surface area contributed by atoms with Gasteiger partial charge >= 0.3 is 5.97 Å². The van der Waals surface area contributed by atoms with Crippen molar-refractivity contribution < 1.29 is 34.9 Å². The molecule has 0 heterocycles. The molecule has 4 rings (SSSR count). The Morgan fingerprint density at radius 2 is 1.97 bits per heavy atom. The van der Waals surface area contributed by atoms with Crippen molar-refractivity contribution in [2.45, 2.75) is 70.5 Å². The van der Waals surface area contributed by atoms with Crippen molar-refractivity contribution in [2.75, 3.05) is 13.2 Å². The van der Waals surface area contributed by atoms with Crippen LogP contribution < -0.4 is 0 Å². The highest BCUT2D eigenvalue weighted by Crippen LogP contribution is 2.67. The number of carboxylic acid groups (broad SMARTS) is 1. The molecule has 0 aromatic heterocycles. The summed E-state index contributed by atoms with van der Waals surface area (Å²) in [5.74, 6) is -1.26. The third-order valence-corrected chi connectivity index (χ3v) is 9.04. The van der Waals surface area contributed by atoms with Crippen LogP contribution in [0.15, 0.2) is 16.8 Å². The summed E-state index contributed by atoms with van der Waals surface area (Å²) in [6.07, 6.45) is 5.86. The summed E-state index contributed by atoms with van der Waals surface area (Å²) >= 11 is 0. The summed E-state index contributed by atoms with van der Waals surface area (Å²) in [6, 6.07) is 0. The molecule has 0 unspecified atom stereocenters. The second-order valence-electron chi connectivity index (χ2n) is 10.3. The number of rotatable bonds is 5. The van der Waals surface area contributed by atoms with Gasteiger partial charge in [-0.3, -0.25) is 4.79 Å². The first-order valence-electron chi connectivity index (χ1n) is 11.2. The van der Waals surface area contributed by atoms with E-state index in [0.717, 1.165) is 31.4 Å². The van der Waals surface area contributed by atoms with Crippen LogP contribution in [0.5, 0.6) is 0 Å². The van der Waals surface area contributed by atoms with Crippen molar-refractivity contribution in [3.8, 4) is 0 Å². The standard InChI is InChI=1S/C23H33NO7/c1-21-7-5-14(24-31-12-19(28)29)9-13(21)3-4-15-16-6-8-23(30,18(27)11-25)22(16,2)10-17(26)20(15)21/h9,15-17,20,25-26,30H,3-8,10-12H2,1-2H3,(H,28,29)/b24-14-/t15-,16+,17+,20-,21-,22-,23-/m0/s1. The molecule has 0 aromatic carbocycles. The topological polar surface area (TPSA) is 137 Å². The van der Waals surface area contributed by atoms with Crippen LogP contribution >= 0.6 is 0 Å². The van der Waals surface area contributed by atoms with E-state index in [1.54, 1.807) is 0 Å². The Morgan fingerprint density at radius 1 is 1.23 bits per heavy atom. The van der Waals surface area contributed by atoms with Gasteiger partial charge in [0, 0.05) is 5.41 Å². The number of aliphatic carboxylic acids is 1. The third-order valence-electron chi connectivity index (χ3n) is 9.04. The van der Waals surface area contributed by atoms with Gasteiger partial charge in [-0.15, -0.1) is 0 Å². The fraction of sp³-hybridized carbons (Fsp3) is 0.783. The highest BCUT2D eigenvalue weighted by Gasteiger charge is 2.68. The van der Waals surface area contributed by atoms with Crippen molar-refractivity contribution in [2.24, 2.45) is 33.7 Å². The predicted octanol–water partition coefficient (Wildman–Crippen LogP) is 1.67. The Hall–Kier alpha value is -1.77. The minimum absolute atomic E-state index is 0.0265. The molecular weight excluding hydrogens is 402 g/mol. The van der Waals surface area contributed by atoms with Crippen LogP contribution in [0.2, 0.25) is 0 Å². The zero-order chi connectivity index (χ0) is 22.6. The van der Waals surface area contributed by atoms with E-state index in [2.05, 4.69) is 12.1 Å². The van der Waals surface area contributed by atoms with Gasteiger partial charge in [0.15, 0.2) is 5.78 Å². The third kappa shape index (κ3) is 3.26. The maximum absolute atomic E-state index is 12.5. The molecule has 8 nitrogen and oxygen atoms in total. The van der Waals surface area contributed by atoms with Crippen molar-refractivity contribution in [3.63, 3.8) is 0 Å². The number of carboxylic acids is 1. The van der Waals surface area contributed by atoms with Crippen LogP contribution in [0.25, 0.3) is 0 Å². The van der Waals surface area contributed by atoms with E-state index < -0.39 is 42.1 Å². The zero-order valence-corrected chi connectivity index (χ0v) is 18.2. The van der Waals surface area contributed by atoms with E-state index in [1.807, 2.05) is 13.0 Å². The highest BCUT2D eigenvalue weighted by atomic mass is 16.6. The number of aliphatic hydroxyl groups excluding tert-OH is 2. The molecule has 0 saturated heterocycles. The Morgan fingerprint density at radius 3 is 2.65 bits per heavy atom. The first-order chi connectivity index (χ1) is 14.6. The smallest absolute Gasteiger partial charge is 0.344 e. The number of Topliss-reactive ketones (excluding diaryl/α,β-unsaturated/α-hetero) is 1. The number of aliphatic hydroxyl groups is 3. The van der Waals surface area contributed by atoms with Crippen LogP contribution in [0, 0.1) is 28.6 Å². The Balaban J connectivity index is 1.62. The molecule has 3 saturated carbocycles. The minimum Gasteiger partial charge on any atom is -0.479 e. The minimum atomic E-state index is -1.58. The van der Waals surface area contributed by atoms with Crippen molar-refractivity contribution in [1.82, 2.24) is 0 Å². The zero-order valence-electron chi connectivity index (χ0n) is 18.2. The molecule has 4 aliphatic carbocycles. The average molecular weight is 436 g/mol. The van der Waals surface area contributed by atoms with E-state index in [0.29, 0.717) is 19.3 Å². The molecule has 0 amide bonds. The quantitative estimate of drug-likeness (QED) is 0.482. The number of carbonyl (C=O) groups is 2. The molecule has 4 N–H and O–H groups in total. The molecule has 31 heavy (non-hydrogen) atoms. The van der Waals surface area contributed by atoms with Gasteiger partial charge in [0.2, 0.25) is 6.61 Å². The summed E-state index contributed by atoms with van der Waals surface area (Å²) < 4.78 is 0. The van der Waals surface area contributed by atoms with Gasteiger partial charge in [-0.25, -0.2) is 4.79 Å². The van der Waals surface area contributed by atoms with Crippen molar-refractivity contribution >= 4 is 17.5 Å². The maximum Gasteiger partial charge on any atom is 0.344 e. The number of nitrogens with zero attached hydrogens (tertiary/aromatic N) is 1. The number of ketones is 1. The van der Waals surface area contributed by atoms with Crippen molar-refractivity contribution in [1.29, 1.82) is 0 Å². The van der Waals surface area contributed by atoms with E-state index in [9.17, 15) is 24.9 Å². The molecule has 0 aliphatic heterocycles. The van der Waals surface area contributed by atoms with E-state index >= 15 is 0 Å². The second-order valence-corrected chi connectivity index (χ2v) is 10.3. The Kier molecular flexibility index (Phi) is 5.55. The molecule has 8 heteroatoms. The summed E-state index contributed by atoms with van der Waals surface area (Å²) in [7, 11) is 0. The summed E-state index contributed by atoms with van der Waals surface area (Å²) in [5.41, 5.74) is -0.594. The maximum atomic E-state index is 12.5. The Labute approximate surface area is 182 Å². The fourth-order valence-electron chi connectivity index (χ4n) is 7.54. The number of hydrogen-bond donors (Lipinski definition) is 4. The summed E-state index contributed by atoms with van der Waals surface area (Å²) in [5, 5.41) is 44.8. The lowest BCUT2D eigenvalue weighted by atomic mass is 9.45. The molecule has 3 fully saturated rings. The van der Waals surface area contributed by atoms with E-state index in [-0.39, 0.29) is 23.2 Å². The van der Waals surface area contributed by atoms with E-state index in [1.165, 1.54) is 5.57 Å². The van der Waals surface area contributed by atoms with Gasteiger partial charge in [-0.05, 0) is 74.2 Å². The van der Waals surface area contributed by atoms with Gasteiger partial charge in [0.05, 0.1) is 11.8 Å². The van der Waals surface area contributed by atoms with Gasteiger partial charge in [0.1, 0.15) is 12.2 Å². The lowest BCUT2D eigenvalue weighted by Crippen LogP contribution is -2.62. The highest BCUT2D eigenvalue weighted by molar-refractivity contribution is 5.96. The molecule has 4 aliphatic rings. The van der Waals surface area contributed by atoms with Gasteiger partial charge < -0.3 is 25.3 Å². The first kappa shape index (κ1) is 22.4. The van der Waals surface area contributed by atoms with Crippen LogP contribution in [-0.4, -0.2) is 62.8 Å². The molecule has 7 atom stereocenters. The van der Waals surface area contributed by atoms with E-state index in [4.69, 9.17) is 9.94 Å². The number of fused-ring (bicyclic) bond motifs is 5. The monoisotopic (exact) mass is 435 g/mol. The first-order valence-corrected chi connectivity index (χ1v) is 11.2. The van der Waals surface area contributed by atoms with Crippen LogP contribution in [0.3, 0.4) is 0 Å². The SMILES string of the molecule is C[C@]12CC/C(=N/OCC(=O)O)C=C1CC[C@@H]1[C@H]2[C@H](O)C[C@@]2(C)[C@@H]1CC[C@]2(O)C(=O)CO. The number of carbonyl (C=O) groups excluding carboxylic acids is 1. The van der Waals surface area contributed by atoms with Crippen molar-refractivity contribution in [3.05, 3.63) is 11.6 Å². The lowest BCUT2D eigenvalue weighted by molar-refractivity contribution is -0.181. The number of hydrogen-bond acceptors (Lipinski definition) is 7. The number of allylic oxidation sites excluding steroid dienone is 2. The second kappa shape index (κ2) is 7.67. The average Bonchev–Trinajstić information content (AvgIpc) is 2.98. The molecule has 0 bridgehead atoms. The Bertz CT molecular complexity index is 838. The molecule has 0 radical (unpaired) electrons. The van der Waals surface area contributed by atoms with Gasteiger partial charge in [-0.2, -0.15) is 0 Å². The summed E-state index contributed by atoms with van der Waals surface area (Å²) in [4.78, 5) is 28.0. The van der Waals surface area contributed by atoms with Gasteiger partial charge in [-0.1, -0.05) is 24.6 Å². The lowest BCUT2D eigenvalue weighted by Gasteiger charge is -2.60. The number of oxime groups is 1. The van der Waals surface area contributed by atoms with Crippen LogP contribution in [0.1, 0.15) is 58.8 Å². The van der Waals surface area contributed by atoms with Crippen LogP contribution in [-0.2, 0) is 14.4 Å². The predicted molar refractivity (Wildman–Crippen MR) is 111 cm³/mol. The molecule has 0 aromatic rings. The fourth-order valence-corrected chi connectivity index (χ4v) is 7.54.